The lowest BCUT2D eigenvalue weighted by Crippen LogP contribution is -2.19. The van der Waals surface area contributed by atoms with E-state index in [1.165, 1.54) is 24.4 Å². The van der Waals surface area contributed by atoms with Gasteiger partial charge in [-0.3, -0.25) is 14.2 Å². The minimum atomic E-state index is -4.78. The molecule has 0 saturated carbocycles. The number of anilines is 1. The number of halogens is 4. The molecule has 0 spiro atoms. The van der Waals surface area contributed by atoms with Gasteiger partial charge in [-0.2, -0.15) is 18.4 Å². The zero-order valence-corrected chi connectivity index (χ0v) is 18.8. The van der Waals surface area contributed by atoms with Gasteiger partial charge in [0.2, 0.25) is 0 Å². The van der Waals surface area contributed by atoms with Crippen molar-refractivity contribution in [3.05, 3.63) is 108 Å². The lowest BCUT2D eigenvalue weighted by Gasteiger charge is -2.15. The average Bonchev–Trinajstić information content (AvgIpc) is 3.33. The van der Waals surface area contributed by atoms with Crippen LogP contribution in [0.25, 0.3) is 28.2 Å². The number of aromatic nitrogens is 3. The molecule has 0 bridgehead atoms. The van der Waals surface area contributed by atoms with Gasteiger partial charge >= 0.3 is 6.18 Å². The molecule has 10 heteroatoms. The Balaban J connectivity index is 1.60. The first-order chi connectivity index (χ1) is 17.7. The van der Waals surface area contributed by atoms with Gasteiger partial charge in [0.15, 0.2) is 5.82 Å². The van der Waals surface area contributed by atoms with E-state index in [0.717, 1.165) is 24.3 Å². The maximum Gasteiger partial charge on any atom is 0.417 e. The molecule has 0 atom stereocenters. The van der Waals surface area contributed by atoms with Gasteiger partial charge in [0.25, 0.3) is 5.91 Å². The van der Waals surface area contributed by atoms with Crippen molar-refractivity contribution in [1.82, 2.24) is 14.4 Å². The summed E-state index contributed by atoms with van der Waals surface area (Å²) in [6.45, 7) is 0. The standard InChI is InChI=1S/C27H15F4N5O/c28-18-4-6-19(7-5-18)35-26(37)21-13-17(3-8-22(21)27(29,30)31)20-2-1-11-36-24(20)15-34-25(36)23-12-16(14-32)9-10-33-23/h1-13,15H,(H,35,37). The van der Waals surface area contributed by atoms with Crippen LogP contribution in [0.5, 0.6) is 0 Å². The summed E-state index contributed by atoms with van der Waals surface area (Å²) in [5.74, 6) is -1.09. The van der Waals surface area contributed by atoms with Gasteiger partial charge in [0.05, 0.1) is 34.5 Å². The molecule has 5 rings (SSSR count). The van der Waals surface area contributed by atoms with Crippen LogP contribution in [0.1, 0.15) is 21.5 Å². The Kier molecular flexibility index (Phi) is 5.89. The van der Waals surface area contributed by atoms with Gasteiger partial charge in [0, 0.05) is 23.6 Å². The van der Waals surface area contributed by atoms with E-state index in [2.05, 4.69) is 15.3 Å². The number of fused-ring (bicyclic) bond motifs is 1. The van der Waals surface area contributed by atoms with Crippen LogP contribution >= 0.6 is 0 Å². The highest BCUT2D eigenvalue weighted by molar-refractivity contribution is 6.06. The zero-order valence-electron chi connectivity index (χ0n) is 18.8. The van der Waals surface area contributed by atoms with Crippen LogP contribution < -0.4 is 5.32 Å². The third-order valence-corrected chi connectivity index (χ3v) is 5.67. The van der Waals surface area contributed by atoms with Gasteiger partial charge in [-0.1, -0.05) is 12.1 Å². The smallest absolute Gasteiger partial charge is 0.322 e. The molecule has 1 N–H and O–H groups in total. The lowest BCUT2D eigenvalue weighted by molar-refractivity contribution is -0.137. The number of rotatable bonds is 4. The second-order valence-electron chi connectivity index (χ2n) is 8.02. The van der Waals surface area contributed by atoms with Gasteiger partial charge in [0.1, 0.15) is 11.5 Å². The fraction of sp³-hybridized carbons (Fsp3) is 0.0370. The molecule has 3 heterocycles. The first-order valence-electron chi connectivity index (χ1n) is 10.9. The van der Waals surface area contributed by atoms with E-state index >= 15 is 0 Å². The number of carbonyl (C=O) groups is 1. The molecule has 182 valence electrons. The number of benzene rings is 2. The van der Waals surface area contributed by atoms with E-state index in [1.807, 2.05) is 6.07 Å². The number of nitrogens with zero attached hydrogens (tertiary/aromatic N) is 4. The van der Waals surface area contributed by atoms with Crippen molar-refractivity contribution in [2.45, 2.75) is 6.18 Å². The van der Waals surface area contributed by atoms with Gasteiger partial charge in [-0.15, -0.1) is 0 Å². The van der Waals surface area contributed by atoms with Gasteiger partial charge in [-0.05, 0) is 60.2 Å². The van der Waals surface area contributed by atoms with E-state index in [4.69, 9.17) is 0 Å². The molecular formula is C27H15F4N5O. The highest BCUT2D eigenvalue weighted by Crippen LogP contribution is 2.36. The molecule has 0 unspecified atom stereocenters. The topological polar surface area (TPSA) is 83.1 Å². The summed E-state index contributed by atoms with van der Waals surface area (Å²) >= 11 is 0. The Bertz CT molecular complexity index is 1680. The Morgan fingerprint density at radius 3 is 2.51 bits per heavy atom. The summed E-state index contributed by atoms with van der Waals surface area (Å²) in [4.78, 5) is 21.6. The molecule has 3 aromatic heterocycles. The largest absolute Gasteiger partial charge is 0.417 e. The van der Waals surface area contributed by atoms with Crippen LogP contribution in [0.4, 0.5) is 23.2 Å². The summed E-state index contributed by atoms with van der Waals surface area (Å²) in [6.07, 6.45) is -0.0304. The van der Waals surface area contributed by atoms with Crippen molar-refractivity contribution in [2.24, 2.45) is 0 Å². The molecule has 0 aliphatic carbocycles. The van der Waals surface area contributed by atoms with E-state index < -0.39 is 29.0 Å². The second-order valence-corrected chi connectivity index (χ2v) is 8.02. The van der Waals surface area contributed by atoms with Crippen molar-refractivity contribution in [3.8, 4) is 28.7 Å². The Hall–Kier alpha value is -5.04. The van der Waals surface area contributed by atoms with E-state index in [0.29, 0.717) is 33.7 Å². The molecule has 0 aliphatic heterocycles. The molecule has 0 radical (unpaired) electrons. The zero-order chi connectivity index (χ0) is 26.2. The number of hydrogen-bond donors (Lipinski definition) is 1. The third kappa shape index (κ3) is 4.62. The van der Waals surface area contributed by atoms with Crippen molar-refractivity contribution >= 4 is 17.1 Å². The first kappa shape index (κ1) is 23.7. The molecular weight excluding hydrogens is 486 g/mol. The number of alkyl halides is 3. The Morgan fingerprint density at radius 2 is 1.78 bits per heavy atom. The maximum absolute atomic E-state index is 13.8. The van der Waals surface area contributed by atoms with Crippen molar-refractivity contribution in [1.29, 1.82) is 5.26 Å². The van der Waals surface area contributed by atoms with E-state index in [-0.39, 0.29) is 5.69 Å². The molecule has 0 fully saturated rings. The van der Waals surface area contributed by atoms with Crippen LogP contribution in [0.2, 0.25) is 0 Å². The minimum absolute atomic E-state index is 0.152. The molecule has 2 aromatic carbocycles. The van der Waals surface area contributed by atoms with Crippen LogP contribution in [-0.2, 0) is 6.18 Å². The van der Waals surface area contributed by atoms with Crippen molar-refractivity contribution in [2.75, 3.05) is 5.32 Å². The van der Waals surface area contributed by atoms with Crippen LogP contribution in [0.3, 0.4) is 0 Å². The fourth-order valence-electron chi connectivity index (χ4n) is 3.96. The Morgan fingerprint density at radius 1 is 1.00 bits per heavy atom. The van der Waals surface area contributed by atoms with Crippen LogP contribution in [0, 0.1) is 17.1 Å². The maximum atomic E-state index is 13.8. The summed E-state index contributed by atoms with van der Waals surface area (Å²) in [5, 5.41) is 11.6. The number of hydrogen-bond acceptors (Lipinski definition) is 4. The third-order valence-electron chi connectivity index (χ3n) is 5.67. The summed E-state index contributed by atoms with van der Waals surface area (Å²) in [6, 6.07) is 16.6. The van der Waals surface area contributed by atoms with Gasteiger partial charge < -0.3 is 5.32 Å². The first-order valence-corrected chi connectivity index (χ1v) is 10.9. The SMILES string of the molecule is N#Cc1ccnc(-c2ncc3c(-c4ccc(C(F)(F)F)c(C(=O)Nc5ccc(F)cc5)c4)cccn23)c1. The van der Waals surface area contributed by atoms with Crippen molar-refractivity contribution in [3.63, 3.8) is 0 Å². The number of pyridine rings is 2. The lowest BCUT2D eigenvalue weighted by atomic mass is 9.98. The summed E-state index contributed by atoms with van der Waals surface area (Å²) < 4.78 is 56.2. The number of amides is 1. The number of nitriles is 1. The van der Waals surface area contributed by atoms with Crippen molar-refractivity contribution < 1.29 is 22.4 Å². The van der Waals surface area contributed by atoms with E-state index in [1.54, 1.807) is 41.1 Å². The monoisotopic (exact) mass is 501 g/mol. The van der Waals surface area contributed by atoms with Crippen LogP contribution in [-0.4, -0.2) is 20.3 Å². The predicted molar refractivity (Wildman–Crippen MR) is 128 cm³/mol. The second kappa shape index (κ2) is 9.20. The number of imidazole rings is 1. The predicted octanol–water partition coefficient (Wildman–Crippen LogP) is 6.35. The highest BCUT2D eigenvalue weighted by Gasteiger charge is 2.35. The summed E-state index contributed by atoms with van der Waals surface area (Å²) in [5.41, 5.74) is 0.760. The normalized spacial score (nSPS) is 11.3. The molecule has 1 amide bonds. The molecule has 5 aromatic rings. The number of nitrogens with one attached hydrogen (secondary N) is 1. The molecule has 0 saturated heterocycles. The molecule has 37 heavy (non-hydrogen) atoms. The molecule has 0 aliphatic rings. The summed E-state index contributed by atoms with van der Waals surface area (Å²) in [7, 11) is 0. The minimum Gasteiger partial charge on any atom is -0.322 e. The van der Waals surface area contributed by atoms with Crippen LogP contribution in [0.15, 0.2) is 85.3 Å². The highest BCUT2D eigenvalue weighted by atomic mass is 19.4. The molecule has 6 nitrogen and oxygen atoms in total. The fourth-order valence-corrected chi connectivity index (χ4v) is 3.96. The van der Waals surface area contributed by atoms with E-state index in [9.17, 15) is 27.6 Å². The average molecular weight is 501 g/mol. The quantitative estimate of drug-likeness (QED) is 0.291. The Labute approximate surface area is 207 Å². The number of carbonyl (C=O) groups excluding carboxylic acids is 1. The van der Waals surface area contributed by atoms with Gasteiger partial charge in [-0.25, -0.2) is 9.37 Å².